The van der Waals surface area contributed by atoms with Gasteiger partial charge in [-0.25, -0.2) is 9.37 Å². The number of para-hydroxylation sites is 1. The Morgan fingerprint density at radius 3 is 2.69 bits per heavy atom. The highest BCUT2D eigenvalue weighted by Crippen LogP contribution is 2.27. The van der Waals surface area contributed by atoms with Crippen molar-refractivity contribution >= 4 is 17.3 Å². The third-order valence-electron chi connectivity index (χ3n) is 5.00. The van der Waals surface area contributed by atoms with E-state index in [2.05, 4.69) is 4.98 Å². The topological polar surface area (TPSA) is 83.1 Å². The molecular weight excluding hydrogens is 331 g/mol. The number of likely N-dealkylation sites (tertiary alicyclic amines) is 1. The predicted octanol–water partition coefficient (Wildman–Crippen LogP) is 3.53. The van der Waals surface area contributed by atoms with E-state index in [1.54, 1.807) is 4.90 Å². The highest BCUT2D eigenvalue weighted by molar-refractivity contribution is 6.04. The van der Waals surface area contributed by atoms with Gasteiger partial charge in [0.2, 0.25) is 0 Å². The molecule has 1 saturated heterocycles. The molecule has 6 heteroatoms. The first-order valence-corrected chi connectivity index (χ1v) is 8.88. The van der Waals surface area contributed by atoms with Crippen LogP contribution in [0.5, 0.6) is 0 Å². The molecule has 0 spiro atoms. The molecule has 1 fully saturated rings. The Morgan fingerprint density at radius 1 is 1.35 bits per heavy atom. The molecule has 3 N–H and O–H groups in total. The number of rotatable bonds is 4. The summed E-state index contributed by atoms with van der Waals surface area (Å²) in [4.78, 5) is 18.0. The molecule has 2 aromatic rings. The maximum Gasteiger partial charge on any atom is 0.272 e. The van der Waals surface area contributed by atoms with E-state index < -0.39 is 5.82 Å². The van der Waals surface area contributed by atoms with E-state index in [1.165, 1.54) is 12.1 Å². The number of nitrogens with zero attached hydrogens (tertiary/aromatic N) is 2. The second-order valence-corrected chi connectivity index (χ2v) is 6.57. The number of carbonyl (C=O) groups is 1. The number of nitrogens with two attached hydrogens (primary N) is 1. The molecular formula is C20H25FN4O. The average Bonchev–Trinajstić information content (AvgIpc) is 2.68. The Labute approximate surface area is 154 Å². The van der Waals surface area contributed by atoms with Gasteiger partial charge in [0, 0.05) is 37.4 Å². The minimum atomic E-state index is -0.458. The highest BCUT2D eigenvalue weighted by Gasteiger charge is 2.28. The van der Waals surface area contributed by atoms with E-state index in [-0.39, 0.29) is 18.9 Å². The Bertz CT molecular complexity index is 817. The van der Waals surface area contributed by atoms with Crippen molar-refractivity contribution in [1.82, 2.24) is 9.88 Å². The second-order valence-electron chi connectivity index (χ2n) is 6.57. The molecule has 1 aromatic heterocycles. The van der Waals surface area contributed by atoms with Crippen LogP contribution in [0.3, 0.4) is 0 Å². The molecule has 5 nitrogen and oxygen atoms in total. The van der Waals surface area contributed by atoms with Crippen LogP contribution in [-0.2, 0) is 6.42 Å². The third kappa shape index (κ3) is 3.59. The number of amides is 1. The quantitative estimate of drug-likeness (QED) is 0.649. The number of benzene rings is 1. The van der Waals surface area contributed by atoms with E-state index in [0.717, 1.165) is 23.7 Å². The van der Waals surface area contributed by atoms with Gasteiger partial charge in [-0.15, -0.1) is 0 Å². The number of halogens is 1. The molecule has 0 bridgehead atoms. The summed E-state index contributed by atoms with van der Waals surface area (Å²) in [5, 5.41) is 8.56. The van der Waals surface area contributed by atoms with Crippen LogP contribution in [0.25, 0.3) is 0 Å². The standard InChI is InChI=1S/C20H23FN4O.H2/c1-2-13-4-3-5-16(18(13)22)19(23)14-8-10-25(11-9-14)20(26)17-7-6-15(21)12-24-17;/h3-7,12,14,23H,2,8-11,22H2,1H3;1H. The van der Waals surface area contributed by atoms with Crippen LogP contribution in [0.4, 0.5) is 10.1 Å². The Kier molecular flexibility index (Phi) is 5.30. The van der Waals surface area contributed by atoms with Crippen molar-refractivity contribution in [3.63, 3.8) is 0 Å². The van der Waals surface area contributed by atoms with Crippen molar-refractivity contribution < 1.29 is 10.6 Å². The normalized spacial score (nSPS) is 15.1. The Morgan fingerprint density at radius 2 is 2.08 bits per heavy atom. The number of carbonyl (C=O) groups excluding carboxylic acids is 1. The molecule has 0 unspecified atom stereocenters. The van der Waals surface area contributed by atoms with Crippen molar-refractivity contribution in [3.8, 4) is 0 Å². The molecule has 2 heterocycles. The molecule has 26 heavy (non-hydrogen) atoms. The van der Waals surface area contributed by atoms with Crippen LogP contribution in [0.2, 0.25) is 0 Å². The number of nitrogens with one attached hydrogen (secondary N) is 1. The summed E-state index contributed by atoms with van der Waals surface area (Å²) in [7, 11) is 0. The number of piperidine rings is 1. The van der Waals surface area contributed by atoms with Crippen LogP contribution in [-0.4, -0.2) is 34.6 Å². The number of hydrogen-bond donors (Lipinski definition) is 2. The van der Waals surface area contributed by atoms with Crippen molar-refractivity contribution in [2.75, 3.05) is 18.8 Å². The van der Waals surface area contributed by atoms with Gasteiger partial charge in [0.05, 0.1) is 6.20 Å². The summed E-state index contributed by atoms with van der Waals surface area (Å²) in [6.07, 6.45) is 3.31. The zero-order valence-corrected chi connectivity index (χ0v) is 14.8. The van der Waals surface area contributed by atoms with E-state index in [0.29, 0.717) is 37.3 Å². The fraction of sp³-hybridized carbons (Fsp3) is 0.350. The summed E-state index contributed by atoms with van der Waals surface area (Å²) >= 11 is 0. The first kappa shape index (κ1) is 18.0. The number of nitrogen functional groups attached to an aromatic ring is 1. The monoisotopic (exact) mass is 356 g/mol. The van der Waals surface area contributed by atoms with Crippen LogP contribution in [0.15, 0.2) is 36.5 Å². The zero-order chi connectivity index (χ0) is 18.7. The first-order chi connectivity index (χ1) is 12.5. The minimum absolute atomic E-state index is 0. The third-order valence-corrected chi connectivity index (χ3v) is 5.00. The largest absolute Gasteiger partial charge is 0.398 e. The van der Waals surface area contributed by atoms with Gasteiger partial charge in [0.25, 0.3) is 5.91 Å². The number of aryl methyl sites for hydroxylation is 1. The summed E-state index contributed by atoms with van der Waals surface area (Å²) < 4.78 is 13.0. The van der Waals surface area contributed by atoms with E-state index in [4.69, 9.17) is 11.1 Å². The molecule has 1 aliphatic rings. The highest BCUT2D eigenvalue weighted by atomic mass is 19.1. The maximum atomic E-state index is 13.0. The summed E-state index contributed by atoms with van der Waals surface area (Å²) in [6.45, 7) is 3.16. The van der Waals surface area contributed by atoms with Gasteiger partial charge < -0.3 is 16.0 Å². The van der Waals surface area contributed by atoms with Crippen LogP contribution in [0, 0.1) is 17.1 Å². The van der Waals surface area contributed by atoms with Crippen LogP contribution < -0.4 is 5.73 Å². The van der Waals surface area contributed by atoms with Gasteiger partial charge in [0.1, 0.15) is 11.5 Å². The lowest BCUT2D eigenvalue weighted by Gasteiger charge is -2.32. The SMILES string of the molecule is CCc1cccc(C(=N)C2CCN(C(=O)c3ccc(F)cn3)CC2)c1N.[HH]. The van der Waals surface area contributed by atoms with E-state index in [1.807, 2.05) is 25.1 Å². The van der Waals surface area contributed by atoms with Crippen LogP contribution >= 0.6 is 0 Å². The van der Waals surface area contributed by atoms with Gasteiger partial charge in [-0.2, -0.15) is 0 Å². The van der Waals surface area contributed by atoms with E-state index in [9.17, 15) is 9.18 Å². The predicted molar refractivity (Wildman–Crippen MR) is 102 cm³/mol. The molecule has 1 aromatic carbocycles. The lowest BCUT2D eigenvalue weighted by atomic mass is 9.86. The molecule has 138 valence electrons. The van der Waals surface area contributed by atoms with Crippen molar-refractivity contribution in [1.29, 1.82) is 5.41 Å². The zero-order valence-electron chi connectivity index (χ0n) is 14.8. The Balaban J connectivity index is 0.00000261. The summed E-state index contributed by atoms with van der Waals surface area (Å²) in [5.74, 6) is -0.572. The molecule has 0 aliphatic carbocycles. The van der Waals surface area contributed by atoms with Gasteiger partial charge in [-0.05, 0) is 37.0 Å². The second kappa shape index (κ2) is 7.64. The number of aromatic nitrogens is 1. The van der Waals surface area contributed by atoms with Gasteiger partial charge in [-0.1, -0.05) is 25.1 Å². The fourth-order valence-electron chi connectivity index (χ4n) is 3.41. The number of pyridine rings is 1. The number of anilines is 1. The number of hydrogen-bond acceptors (Lipinski definition) is 4. The average molecular weight is 356 g/mol. The maximum absolute atomic E-state index is 13.0. The van der Waals surface area contributed by atoms with E-state index >= 15 is 0 Å². The Hall–Kier alpha value is -2.76. The molecule has 0 atom stereocenters. The van der Waals surface area contributed by atoms with Crippen molar-refractivity contribution in [2.24, 2.45) is 5.92 Å². The summed E-state index contributed by atoms with van der Waals surface area (Å²) in [6, 6.07) is 8.48. The minimum Gasteiger partial charge on any atom is -0.398 e. The molecule has 0 radical (unpaired) electrons. The molecule has 0 saturated carbocycles. The van der Waals surface area contributed by atoms with Crippen molar-refractivity contribution in [2.45, 2.75) is 26.2 Å². The summed E-state index contributed by atoms with van der Waals surface area (Å²) in [5.41, 5.74) is 9.56. The van der Waals surface area contributed by atoms with Crippen molar-refractivity contribution in [3.05, 3.63) is 59.2 Å². The molecule has 1 aliphatic heterocycles. The van der Waals surface area contributed by atoms with Gasteiger partial charge in [0.15, 0.2) is 0 Å². The van der Waals surface area contributed by atoms with Gasteiger partial charge >= 0.3 is 0 Å². The van der Waals surface area contributed by atoms with Crippen LogP contribution in [0.1, 0.15) is 42.8 Å². The lowest BCUT2D eigenvalue weighted by molar-refractivity contribution is 0.0704. The molecule has 1 amide bonds. The molecule has 3 rings (SSSR count). The first-order valence-electron chi connectivity index (χ1n) is 8.88. The smallest absolute Gasteiger partial charge is 0.272 e. The van der Waals surface area contributed by atoms with Gasteiger partial charge in [-0.3, -0.25) is 4.79 Å². The lowest BCUT2D eigenvalue weighted by Crippen LogP contribution is -2.40. The fourth-order valence-corrected chi connectivity index (χ4v) is 3.41.